The summed E-state index contributed by atoms with van der Waals surface area (Å²) in [4.78, 5) is 0. The molecule has 0 radical (unpaired) electrons. The van der Waals surface area contributed by atoms with Crippen molar-refractivity contribution < 1.29 is 35.1 Å². The van der Waals surface area contributed by atoms with Crippen LogP contribution in [-0.2, 0) is 0 Å². The van der Waals surface area contributed by atoms with Crippen molar-refractivity contribution in [3.63, 3.8) is 0 Å². The van der Waals surface area contributed by atoms with Crippen LogP contribution in [0.2, 0.25) is 0 Å². The topological polar surface area (TPSA) is 0 Å². The number of rotatable bonds is 0. The van der Waals surface area contributed by atoms with E-state index in [-0.39, 0.29) is 12.8 Å². The lowest BCUT2D eigenvalue weighted by Gasteiger charge is -2.51. The highest BCUT2D eigenvalue weighted by Crippen LogP contribution is 2.66. The molecule has 0 aromatic rings. The first kappa shape index (κ1) is 13.9. The second kappa shape index (κ2) is 3.50. The first-order valence-corrected chi connectivity index (χ1v) is 5.49. The molecule has 2 aliphatic rings. The van der Waals surface area contributed by atoms with Crippen molar-refractivity contribution >= 4 is 0 Å². The molecule has 2 aliphatic carbocycles. The summed E-state index contributed by atoms with van der Waals surface area (Å²) in [6.07, 6.45) is -1.04. The van der Waals surface area contributed by atoms with E-state index in [4.69, 9.17) is 0 Å². The van der Waals surface area contributed by atoms with Crippen molar-refractivity contribution in [1.29, 1.82) is 0 Å². The number of fused-ring (bicyclic) bond motifs is 1. The van der Waals surface area contributed by atoms with Crippen LogP contribution in [0.1, 0.15) is 25.7 Å². The van der Waals surface area contributed by atoms with E-state index in [1.807, 2.05) is 0 Å². The van der Waals surface area contributed by atoms with E-state index in [2.05, 4.69) is 0 Å². The Morgan fingerprint density at radius 3 is 1.11 bits per heavy atom. The van der Waals surface area contributed by atoms with Crippen LogP contribution < -0.4 is 0 Å². The molecule has 2 unspecified atom stereocenters. The maximum atomic E-state index is 13.4. The van der Waals surface area contributed by atoms with Gasteiger partial charge in [-0.15, -0.1) is 0 Å². The highest BCUT2D eigenvalue weighted by Gasteiger charge is 2.88. The van der Waals surface area contributed by atoms with Gasteiger partial charge in [0.15, 0.2) is 0 Å². The van der Waals surface area contributed by atoms with E-state index in [0.717, 1.165) is 0 Å². The maximum absolute atomic E-state index is 13.4. The molecule has 106 valence electrons. The normalized spacial score (nSPS) is 40.0. The smallest absolute Gasteiger partial charge is 0.199 e. The molecule has 2 fully saturated rings. The summed E-state index contributed by atoms with van der Waals surface area (Å²) in [5, 5.41) is 0. The number of halogens is 8. The van der Waals surface area contributed by atoms with Gasteiger partial charge in [-0.25, -0.2) is 0 Å². The Labute approximate surface area is 97.3 Å². The number of alkyl halides is 8. The molecule has 8 heteroatoms. The van der Waals surface area contributed by atoms with Gasteiger partial charge in [0.2, 0.25) is 0 Å². The molecule has 2 atom stereocenters. The van der Waals surface area contributed by atoms with Gasteiger partial charge in [0, 0.05) is 11.8 Å². The van der Waals surface area contributed by atoms with E-state index < -0.39 is 48.4 Å². The Bertz CT molecular complexity index is 314. The van der Waals surface area contributed by atoms with Gasteiger partial charge in [0.05, 0.1) is 0 Å². The monoisotopic (exact) mass is 282 g/mol. The average molecular weight is 282 g/mol. The minimum Gasteiger partial charge on any atom is -0.199 e. The second-order valence-electron chi connectivity index (χ2n) is 4.89. The highest BCUT2D eigenvalue weighted by atomic mass is 19.4. The average Bonchev–Trinajstić information content (AvgIpc) is 2.27. The number of hydrogen-bond donors (Lipinski definition) is 0. The van der Waals surface area contributed by atoms with Crippen molar-refractivity contribution in [2.24, 2.45) is 11.8 Å². The Kier molecular flexibility index (Phi) is 2.70. The van der Waals surface area contributed by atoms with Crippen molar-refractivity contribution in [3.8, 4) is 0 Å². The molecule has 0 nitrogen and oxygen atoms in total. The first-order chi connectivity index (χ1) is 7.98. The van der Waals surface area contributed by atoms with Crippen LogP contribution in [0.15, 0.2) is 0 Å². The Hall–Kier alpha value is -0.560. The zero-order valence-electron chi connectivity index (χ0n) is 9.01. The molecule has 2 saturated carbocycles. The molecule has 0 aliphatic heterocycles. The molecule has 0 N–H and O–H groups in total. The van der Waals surface area contributed by atoms with E-state index in [9.17, 15) is 35.1 Å². The van der Waals surface area contributed by atoms with Crippen molar-refractivity contribution in [3.05, 3.63) is 0 Å². The maximum Gasteiger partial charge on any atom is 0.378 e. The van der Waals surface area contributed by atoms with Gasteiger partial charge in [-0.2, -0.15) is 35.1 Å². The minimum absolute atomic E-state index is 0.0640. The summed E-state index contributed by atoms with van der Waals surface area (Å²) in [7, 11) is 0. The molecule has 0 spiro atoms. The van der Waals surface area contributed by atoms with E-state index >= 15 is 0 Å². The first-order valence-electron chi connectivity index (χ1n) is 5.49. The van der Waals surface area contributed by atoms with Gasteiger partial charge in [0.25, 0.3) is 0 Å². The Morgan fingerprint density at radius 2 is 0.833 bits per heavy atom. The van der Waals surface area contributed by atoms with Crippen LogP contribution in [0.5, 0.6) is 0 Å². The van der Waals surface area contributed by atoms with Gasteiger partial charge in [-0.3, -0.25) is 0 Å². The molecule has 0 bridgehead atoms. The molecular weight excluding hydrogens is 272 g/mol. The SMILES string of the molecule is FC1(F)C2CCCCC2C(F)(F)C(F)(F)C1(F)F. The van der Waals surface area contributed by atoms with E-state index in [1.165, 1.54) is 0 Å². The van der Waals surface area contributed by atoms with Crippen LogP contribution >= 0.6 is 0 Å². The standard InChI is InChI=1S/C10H10F8/c11-7(12)5-3-1-2-4-6(5)8(13,14)10(17,18)9(7,15)16/h5-6H,1-4H2. The predicted octanol–water partition coefficient (Wildman–Crippen LogP) is 4.35. The molecule has 18 heavy (non-hydrogen) atoms. The zero-order chi connectivity index (χ0) is 14.0. The van der Waals surface area contributed by atoms with E-state index in [1.54, 1.807) is 0 Å². The van der Waals surface area contributed by atoms with Crippen LogP contribution in [0.25, 0.3) is 0 Å². The molecule has 0 aromatic carbocycles. The van der Waals surface area contributed by atoms with Gasteiger partial charge >= 0.3 is 23.7 Å². The van der Waals surface area contributed by atoms with Gasteiger partial charge in [-0.05, 0) is 12.8 Å². The van der Waals surface area contributed by atoms with Gasteiger partial charge in [0.1, 0.15) is 0 Å². The lowest BCUT2D eigenvalue weighted by atomic mass is 9.64. The van der Waals surface area contributed by atoms with E-state index in [0.29, 0.717) is 0 Å². The summed E-state index contributed by atoms with van der Waals surface area (Å²) in [6, 6.07) is 0. The second-order valence-corrected chi connectivity index (χ2v) is 4.89. The molecular formula is C10H10F8. The van der Waals surface area contributed by atoms with Gasteiger partial charge in [-0.1, -0.05) is 12.8 Å². The zero-order valence-corrected chi connectivity index (χ0v) is 9.01. The number of hydrogen-bond acceptors (Lipinski definition) is 0. The third kappa shape index (κ3) is 1.32. The molecule has 0 heterocycles. The van der Waals surface area contributed by atoms with Crippen LogP contribution in [0, 0.1) is 11.8 Å². The van der Waals surface area contributed by atoms with Crippen molar-refractivity contribution in [1.82, 2.24) is 0 Å². The molecule has 0 aromatic heterocycles. The van der Waals surface area contributed by atoms with Crippen molar-refractivity contribution in [2.75, 3.05) is 0 Å². The third-order valence-corrected chi connectivity index (χ3v) is 3.93. The van der Waals surface area contributed by atoms with Crippen molar-refractivity contribution in [2.45, 2.75) is 49.4 Å². The van der Waals surface area contributed by atoms with Crippen LogP contribution in [0.4, 0.5) is 35.1 Å². The highest BCUT2D eigenvalue weighted by molar-refractivity contribution is 5.15. The third-order valence-electron chi connectivity index (χ3n) is 3.93. The molecule has 0 saturated heterocycles. The van der Waals surface area contributed by atoms with Crippen LogP contribution in [-0.4, -0.2) is 23.7 Å². The summed E-state index contributed by atoms with van der Waals surface area (Å²) in [6.45, 7) is 0. The summed E-state index contributed by atoms with van der Waals surface area (Å²) in [5.74, 6) is -27.1. The fourth-order valence-corrected chi connectivity index (χ4v) is 2.88. The lowest BCUT2D eigenvalue weighted by molar-refractivity contribution is -0.427. The molecule has 0 amide bonds. The molecule has 2 rings (SSSR count). The lowest BCUT2D eigenvalue weighted by Crippen LogP contribution is -2.73. The Balaban J connectivity index is 2.56. The fraction of sp³-hybridized carbons (Fsp3) is 1.00. The largest absolute Gasteiger partial charge is 0.378 e. The quantitative estimate of drug-likeness (QED) is 0.579. The summed E-state index contributed by atoms with van der Waals surface area (Å²) in [5.41, 5.74) is 0. The summed E-state index contributed by atoms with van der Waals surface area (Å²) < 4.78 is 106. The summed E-state index contributed by atoms with van der Waals surface area (Å²) >= 11 is 0. The predicted molar refractivity (Wildman–Crippen MR) is 45.2 cm³/mol. The van der Waals surface area contributed by atoms with Crippen LogP contribution in [0.3, 0.4) is 0 Å². The minimum atomic E-state index is -6.03. The Morgan fingerprint density at radius 1 is 0.556 bits per heavy atom. The van der Waals surface area contributed by atoms with Gasteiger partial charge < -0.3 is 0 Å². The fourth-order valence-electron chi connectivity index (χ4n) is 2.88.